The number of aromatic nitrogens is 3. The summed E-state index contributed by atoms with van der Waals surface area (Å²) < 4.78 is 10.6. The maximum Gasteiger partial charge on any atom is 0.227 e. The summed E-state index contributed by atoms with van der Waals surface area (Å²) in [6.45, 7) is 10.0. The van der Waals surface area contributed by atoms with E-state index in [0.717, 1.165) is 68.1 Å². The number of amides is 1. The van der Waals surface area contributed by atoms with E-state index in [1.165, 1.54) is 5.56 Å². The number of hydrogen-bond acceptors (Lipinski definition) is 7. The summed E-state index contributed by atoms with van der Waals surface area (Å²) in [4.78, 5) is 21.5. The molecule has 3 heterocycles. The lowest BCUT2D eigenvalue weighted by atomic mass is 10.1. The fraction of sp³-hybridized carbons (Fsp3) is 0.478. The second kappa shape index (κ2) is 9.43. The number of nitrogens with zero attached hydrogens (tertiary/aromatic N) is 5. The van der Waals surface area contributed by atoms with Crippen LogP contribution >= 0.6 is 0 Å². The lowest BCUT2D eigenvalue weighted by Gasteiger charge is -2.34. The molecular formula is C23H29N5O3. The molecule has 31 heavy (non-hydrogen) atoms. The molecule has 1 aliphatic heterocycles. The Hall–Kier alpha value is -3.00. The maximum atomic E-state index is 12.6. The third-order valence-corrected chi connectivity index (χ3v) is 5.88. The van der Waals surface area contributed by atoms with Crippen LogP contribution in [-0.4, -0.2) is 63.7 Å². The zero-order valence-corrected chi connectivity index (χ0v) is 18.4. The zero-order valence-electron chi connectivity index (χ0n) is 18.4. The first kappa shape index (κ1) is 21.2. The minimum atomic E-state index is 0.142. The Morgan fingerprint density at radius 2 is 1.74 bits per heavy atom. The molecule has 2 aromatic heterocycles. The van der Waals surface area contributed by atoms with Gasteiger partial charge in [-0.1, -0.05) is 40.1 Å². The molecule has 0 atom stereocenters. The number of aryl methyl sites for hydroxylation is 4. The largest absolute Gasteiger partial charge is 0.361 e. The fourth-order valence-corrected chi connectivity index (χ4v) is 3.87. The zero-order chi connectivity index (χ0) is 21.8. The second-order valence-electron chi connectivity index (χ2n) is 8.18. The Morgan fingerprint density at radius 3 is 2.42 bits per heavy atom. The third-order valence-electron chi connectivity index (χ3n) is 5.88. The van der Waals surface area contributed by atoms with Gasteiger partial charge in [-0.2, -0.15) is 4.98 Å². The van der Waals surface area contributed by atoms with Crippen LogP contribution in [0.5, 0.6) is 0 Å². The molecule has 0 N–H and O–H groups in total. The number of rotatable bonds is 7. The molecule has 1 aliphatic rings. The van der Waals surface area contributed by atoms with Crippen LogP contribution in [-0.2, 0) is 17.6 Å². The van der Waals surface area contributed by atoms with Crippen molar-refractivity contribution in [2.45, 2.75) is 40.0 Å². The Labute approximate surface area is 182 Å². The summed E-state index contributed by atoms with van der Waals surface area (Å²) in [5.74, 6) is 2.18. The second-order valence-corrected chi connectivity index (χ2v) is 8.18. The van der Waals surface area contributed by atoms with E-state index in [1.54, 1.807) is 0 Å². The molecule has 1 fully saturated rings. The van der Waals surface area contributed by atoms with Gasteiger partial charge in [-0.15, -0.1) is 0 Å². The van der Waals surface area contributed by atoms with Gasteiger partial charge in [0, 0.05) is 43.7 Å². The molecule has 1 aromatic carbocycles. The summed E-state index contributed by atoms with van der Waals surface area (Å²) in [6.07, 6.45) is 2.06. The van der Waals surface area contributed by atoms with Crippen molar-refractivity contribution in [2.75, 3.05) is 32.7 Å². The van der Waals surface area contributed by atoms with Gasteiger partial charge in [0.1, 0.15) is 5.76 Å². The molecule has 8 heteroatoms. The molecule has 0 saturated carbocycles. The molecule has 0 aliphatic carbocycles. The molecule has 0 spiro atoms. The average molecular weight is 424 g/mol. The molecule has 4 rings (SSSR count). The van der Waals surface area contributed by atoms with Gasteiger partial charge in [0.25, 0.3) is 0 Å². The topological polar surface area (TPSA) is 88.5 Å². The minimum Gasteiger partial charge on any atom is -0.361 e. The van der Waals surface area contributed by atoms with Gasteiger partial charge in [0.2, 0.25) is 17.6 Å². The normalized spacial score (nSPS) is 14.9. The molecule has 1 saturated heterocycles. The smallest absolute Gasteiger partial charge is 0.227 e. The van der Waals surface area contributed by atoms with Crippen molar-refractivity contribution in [3.63, 3.8) is 0 Å². The van der Waals surface area contributed by atoms with Gasteiger partial charge in [-0.3, -0.25) is 9.69 Å². The summed E-state index contributed by atoms with van der Waals surface area (Å²) in [7, 11) is 0. The summed E-state index contributed by atoms with van der Waals surface area (Å²) in [5.41, 5.74) is 3.89. The van der Waals surface area contributed by atoms with Crippen molar-refractivity contribution in [1.29, 1.82) is 0 Å². The van der Waals surface area contributed by atoms with Gasteiger partial charge in [0.15, 0.2) is 0 Å². The van der Waals surface area contributed by atoms with Crippen LogP contribution < -0.4 is 0 Å². The molecule has 0 bridgehead atoms. The van der Waals surface area contributed by atoms with Crippen molar-refractivity contribution in [1.82, 2.24) is 25.1 Å². The minimum absolute atomic E-state index is 0.142. The molecule has 3 aromatic rings. The SMILES string of the molecule is Cc1ccc(-c2noc(CCCN3CCN(C(=O)Cc4c(C)noc4C)CC3)n2)cc1. The van der Waals surface area contributed by atoms with Crippen molar-refractivity contribution < 1.29 is 13.8 Å². The third kappa shape index (κ3) is 5.19. The Bertz CT molecular complexity index is 997. The van der Waals surface area contributed by atoms with Crippen molar-refractivity contribution in [3.8, 4) is 11.4 Å². The van der Waals surface area contributed by atoms with E-state index in [4.69, 9.17) is 9.05 Å². The van der Waals surface area contributed by atoms with E-state index in [2.05, 4.69) is 27.1 Å². The Kier molecular flexibility index (Phi) is 6.46. The number of piperazine rings is 1. The molecule has 164 valence electrons. The standard InChI is InChI=1S/C23H29N5O3/c1-16-6-8-19(9-7-16)23-24-21(31-26-23)5-4-10-27-11-13-28(14-12-27)22(29)15-20-17(2)25-30-18(20)3/h6-9H,4-5,10-15H2,1-3H3. The number of benzene rings is 1. The lowest BCUT2D eigenvalue weighted by Crippen LogP contribution is -2.49. The summed E-state index contributed by atoms with van der Waals surface area (Å²) in [6, 6.07) is 8.11. The van der Waals surface area contributed by atoms with Gasteiger partial charge in [0.05, 0.1) is 12.1 Å². The first-order valence-electron chi connectivity index (χ1n) is 10.8. The molecule has 0 radical (unpaired) electrons. The highest BCUT2D eigenvalue weighted by Crippen LogP contribution is 2.17. The summed E-state index contributed by atoms with van der Waals surface area (Å²) >= 11 is 0. The van der Waals surface area contributed by atoms with E-state index in [-0.39, 0.29) is 5.91 Å². The molecule has 0 unspecified atom stereocenters. The van der Waals surface area contributed by atoms with Crippen LogP contribution in [0.15, 0.2) is 33.3 Å². The molecular weight excluding hydrogens is 394 g/mol. The van der Waals surface area contributed by atoms with E-state index in [1.807, 2.05) is 43.0 Å². The maximum absolute atomic E-state index is 12.6. The Balaban J connectivity index is 1.19. The first-order chi connectivity index (χ1) is 15.0. The highest BCUT2D eigenvalue weighted by Gasteiger charge is 2.23. The first-order valence-corrected chi connectivity index (χ1v) is 10.8. The van der Waals surface area contributed by atoms with E-state index < -0.39 is 0 Å². The fourth-order valence-electron chi connectivity index (χ4n) is 3.87. The van der Waals surface area contributed by atoms with Crippen molar-refractivity contribution >= 4 is 5.91 Å². The quantitative estimate of drug-likeness (QED) is 0.577. The van der Waals surface area contributed by atoms with Crippen LogP contribution in [0.4, 0.5) is 0 Å². The van der Waals surface area contributed by atoms with Gasteiger partial charge >= 0.3 is 0 Å². The van der Waals surface area contributed by atoms with E-state index in [9.17, 15) is 4.79 Å². The number of carbonyl (C=O) groups excluding carboxylic acids is 1. The molecule has 8 nitrogen and oxygen atoms in total. The van der Waals surface area contributed by atoms with Crippen LogP contribution in [0.2, 0.25) is 0 Å². The highest BCUT2D eigenvalue weighted by molar-refractivity contribution is 5.79. The predicted molar refractivity (Wildman–Crippen MR) is 115 cm³/mol. The van der Waals surface area contributed by atoms with Gasteiger partial charge < -0.3 is 13.9 Å². The lowest BCUT2D eigenvalue weighted by molar-refractivity contribution is -0.132. The van der Waals surface area contributed by atoms with E-state index >= 15 is 0 Å². The van der Waals surface area contributed by atoms with Gasteiger partial charge in [-0.25, -0.2) is 0 Å². The predicted octanol–water partition coefficient (Wildman–Crippen LogP) is 2.97. The summed E-state index contributed by atoms with van der Waals surface area (Å²) in [5, 5.41) is 8.03. The number of hydrogen-bond donors (Lipinski definition) is 0. The molecule has 1 amide bonds. The van der Waals surface area contributed by atoms with Crippen molar-refractivity contribution in [3.05, 3.63) is 52.7 Å². The highest BCUT2D eigenvalue weighted by atomic mass is 16.5. The van der Waals surface area contributed by atoms with Crippen LogP contribution in [0.25, 0.3) is 11.4 Å². The van der Waals surface area contributed by atoms with Crippen LogP contribution in [0, 0.1) is 20.8 Å². The number of carbonyl (C=O) groups is 1. The van der Waals surface area contributed by atoms with E-state index in [0.29, 0.717) is 18.1 Å². The van der Waals surface area contributed by atoms with Crippen LogP contribution in [0.1, 0.15) is 34.9 Å². The van der Waals surface area contributed by atoms with Gasteiger partial charge in [-0.05, 0) is 33.7 Å². The van der Waals surface area contributed by atoms with Crippen LogP contribution in [0.3, 0.4) is 0 Å². The average Bonchev–Trinajstić information content (AvgIpc) is 3.37. The Morgan fingerprint density at radius 1 is 1.00 bits per heavy atom. The monoisotopic (exact) mass is 423 g/mol. The van der Waals surface area contributed by atoms with Crippen molar-refractivity contribution in [2.24, 2.45) is 0 Å².